The monoisotopic (exact) mass is 315 g/mol. The molecule has 0 spiro atoms. The lowest BCUT2D eigenvalue weighted by atomic mass is 10.2. The van der Waals surface area contributed by atoms with Gasteiger partial charge in [-0.25, -0.2) is 0 Å². The molecule has 2 heterocycles. The van der Waals surface area contributed by atoms with Crippen LogP contribution in [0.3, 0.4) is 0 Å². The van der Waals surface area contributed by atoms with E-state index >= 15 is 0 Å². The van der Waals surface area contributed by atoms with E-state index in [4.69, 9.17) is 32.7 Å². The number of aromatic amines is 1. The topological polar surface area (TPSA) is 54.5 Å². The number of H-pyrrole nitrogens is 1. The molecule has 6 heteroatoms. The Balaban J connectivity index is 1.78. The Bertz CT molecular complexity index is 620. The van der Waals surface area contributed by atoms with Crippen molar-refractivity contribution in [1.82, 2.24) is 4.98 Å². The smallest absolute Gasteiger partial charge is 0.158 e. The largest absolute Gasteiger partial charge is 0.507 e. The average Bonchev–Trinajstić information content (AvgIpc) is 2.89. The van der Waals surface area contributed by atoms with Crippen LogP contribution in [0.15, 0.2) is 12.1 Å². The molecule has 0 aliphatic carbocycles. The number of hydrogen-bond acceptors (Lipinski definition) is 3. The summed E-state index contributed by atoms with van der Waals surface area (Å²) in [4.78, 5) is 3.13. The fraction of sp³-hybridized carbons (Fsp3) is 0.429. The molecule has 0 bridgehead atoms. The molecule has 1 fully saturated rings. The molecule has 0 amide bonds. The van der Waals surface area contributed by atoms with Crippen LogP contribution in [0, 0.1) is 0 Å². The minimum atomic E-state index is -0.150. The molecule has 4 nitrogen and oxygen atoms in total. The van der Waals surface area contributed by atoms with Crippen LogP contribution in [0.5, 0.6) is 5.75 Å². The second kappa shape index (κ2) is 5.82. The predicted octanol–water partition coefficient (Wildman–Crippen LogP) is 4.22. The van der Waals surface area contributed by atoms with E-state index in [-0.39, 0.29) is 12.0 Å². The standard InChI is InChI=1S/C14H15Cl2NO3/c15-10-6-11(18)9-5-8(17-14(9)13(10)16)7-20-12-3-1-2-4-19-12/h5-6,12,17-18H,1-4,7H2. The Morgan fingerprint density at radius 2 is 2.20 bits per heavy atom. The molecule has 108 valence electrons. The molecule has 1 aromatic carbocycles. The lowest BCUT2D eigenvalue weighted by Crippen LogP contribution is -2.22. The number of ether oxygens (including phenoxy) is 2. The van der Waals surface area contributed by atoms with Crippen molar-refractivity contribution in [1.29, 1.82) is 0 Å². The van der Waals surface area contributed by atoms with Gasteiger partial charge in [-0.05, 0) is 25.3 Å². The first kappa shape index (κ1) is 14.0. The normalized spacial score (nSPS) is 19.6. The predicted molar refractivity (Wildman–Crippen MR) is 78.4 cm³/mol. The summed E-state index contributed by atoms with van der Waals surface area (Å²) in [5.74, 6) is 0.103. The van der Waals surface area contributed by atoms with Crippen molar-refractivity contribution < 1.29 is 14.6 Å². The van der Waals surface area contributed by atoms with Gasteiger partial charge in [0.05, 0.1) is 22.2 Å². The summed E-state index contributed by atoms with van der Waals surface area (Å²) < 4.78 is 11.2. The van der Waals surface area contributed by atoms with Crippen LogP contribution in [0.2, 0.25) is 10.0 Å². The van der Waals surface area contributed by atoms with Gasteiger partial charge < -0.3 is 19.6 Å². The molecular weight excluding hydrogens is 301 g/mol. The SMILES string of the molecule is Oc1cc(Cl)c(Cl)c2[nH]c(COC3CCCCO3)cc12. The van der Waals surface area contributed by atoms with Gasteiger partial charge in [-0.15, -0.1) is 0 Å². The number of benzene rings is 1. The van der Waals surface area contributed by atoms with Gasteiger partial charge in [-0.2, -0.15) is 0 Å². The fourth-order valence-corrected chi connectivity index (χ4v) is 2.77. The first-order chi connectivity index (χ1) is 9.65. The summed E-state index contributed by atoms with van der Waals surface area (Å²) in [5, 5.41) is 11.2. The van der Waals surface area contributed by atoms with Crippen molar-refractivity contribution in [2.24, 2.45) is 0 Å². The highest BCUT2D eigenvalue weighted by molar-refractivity contribution is 6.45. The number of halogens is 2. The summed E-state index contributed by atoms with van der Waals surface area (Å²) in [5.41, 5.74) is 1.45. The van der Waals surface area contributed by atoms with E-state index in [2.05, 4.69) is 4.98 Å². The van der Waals surface area contributed by atoms with E-state index in [0.29, 0.717) is 27.6 Å². The van der Waals surface area contributed by atoms with Crippen molar-refractivity contribution >= 4 is 34.1 Å². The molecule has 1 aromatic heterocycles. The van der Waals surface area contributed by atoms with Crippen molar-refractivity contribution in [3.05, 3.63) is 27.9 Å². The van der Waals surface area contributed by atoms with Crippen LogP contribution in [0.4, 0.5) is 0 Å². The van der Waals surface area contributed by atoms with E-state index in [1.807, 2.05) is 6.07 Å². The zero-order valence-electron chi connectivity index (χ0n) is 10.8. The maximum Gasteiger partial charge on any atom is 0.158 e. The number of nitrogens with one attached hydrogen (secondary N) is 1. The maximum absolute atomic E-state index is 9.88. The van der Waals surface area contributed by atoms with Gasteiger partial charge >= 0.3 is 0 Å². The third kappa shape index (κ3) is 2.74. The zero-order valence-corrected chi connectivity index (χ0v) is 12.3. The van der Waals surface area contributed by atoms with Gasteiger partial charge in [-0.3, -0.25) is 0 Å². The van der Waals surface area contributed by atoms with E-state index in [1.54, 1.807) is 0 Å². The highest BCUT2D eigenvalue weighted by Gasteiger charge is 2.16. The molecule has 2 aromatic rings. The third-order valence-corrected chi connectivity index (χ3v) is 4.19. The van der Waals surface area contributed by atoms with Crippen molar-refractivity contribution in [3.8, 4) is 5.75 Å². The highest BCUT2D eigenvalue weighted by Crippen LogP contribution is 2.37. The van der Waals surface area contributed by atoms with E-state index in [9.17, 15) is 5.11 Å². The van der Waals surface area contributed by atoms with Gasteiger partial charge in [-0.1, -0.05) is 23.2 Å². The number of rotatable bonds is 3. The Morgan fingerprint density at radius 3 is 2.95 bits per heavy atom. The Kier molecular flexibility index (Phi) is 4.08. The van der Waals surface area contributed by atoms with Gasteiger partial charge in [0.15, 0.2) is 6.29 Å². The summed E-state index contributed by atoms with van der Waals surface area (Å²) in [6.45, 7) is 1.13. The third-order valence-electron chi connectivity index (χ3n) is 3.40. The van der Waals surface area contributed by atoms with Crippen LogP contribution < -0.4 is 0 Å². The summed E-state index contributed by atoms with van der Waals surface area (Å²) in [7, 11) is 0. The minimum absolute atomic E-state index is 0.103. The molecule has 1 atom stereocenters. The Morgan fingerprint density at radius 1 is 1.35 bits per heavy atom. The first-order valence-electron chi connectivity index (χ1n) is 6.57. The Hall–Kier alpha value is -0.940. The lowest BCUT2D eigenvalue weighted by Gasteiger charge is -2.22. The van der Waals surface area contributed by atoms with Gasteiger partial charge in [0.25, 0.3) is 0 Å². The molecule has 1 aliphatic rings. The molecule has 2 N–H and O–H groups in total. The maximum atomic E-state index is 9.88. The molecule has 1 unspecified atom stereocenters. The van der Waals surface area contributed by atoms with Crippen molar-refractivity contribution in [2.75, 3.05) is 6.61 Å². The average molecular weight is 316 g/mol. The molecule has 1 aliphatic heterocycles. The van der Waals surface area contributed by atoms with Crippen LogP contribution in [-0.4, -0.2) is 23.0 Å². The second-order valence-corrected chi connectivity index (χ2v) is 5.67. The van der Waals surface area contributed by atoms with Crippen LogP contribution in [0.1, 0.15) is 25.0 Å². The van der Waals surface area contributed by atoms with Crippen LogP contribution in [0.25, 0.3) is 10.9 Å². The molecular formula is C14H15Cl2NO3. The lowest BCUT2D eigenvalue weighted by molar-refractivity contribution is -0.169. The van der Waals surface area contributed by atoms with Crippen LogP contribution in [-0.2, 0) is 16.1 Å². The number of phenolic OH excluding ortho intramolecular Hbond substituents is 1. The number of aromatic nitrogens is 1. The van der Waals surface area contributed by atoms with Gasteiger partial charge in [0.1, 0.15) is 5.75 Å². The zero-order chi connectivity index (χ0) is 14.1. The molecule has 1 saturated heterocycles. The highest BCUT2D eigenvalue weighted by atomic mass is 35.5. The number of hydrogen-bond donors (Lipinski definition) is 2. The van der Waals surface area contributed by atoms with Gasteiger partial charge in [0, 0.05) is 23.8 Å². The number of fused-ring (bicyclic) bond motifs is 1. The van der Waals surface area contributed by atoms with Crippen molar-refractivity contribution in [2.45, 2.75) is 32.2 Å². The molecule has 0 saturated carbocycles. The summed E-state index contributed by atoms with van der Waals surface area (Å²) in [6, 6.07) is 3.25. The quantitative estimate of drug-likeness (QED) is 0.891. The number of aromatic hydroxyl groups is 1. The molecule has 3 rings (SSSR count). The summed E-state index contributed by atoms with van der Waals surface area (Å²) >= 11 is 12.1. The number of phenols is 1. The second-order valence-electron chi connectivity index (χ2n) is 4.88. The Labute approximate surface area is 126 Å². The molecule has 20 heavy (non-hydrogen) atoms. The van der Waals surface area contributed by atoms with Gasteiger partial charge in [0.2, 0.25) is 0 Å². The van der Waals surface area contributed by atoms with E-state index < -0.39 is 0 Å². The molecule has 0 radical (unpaired) electrons. The van der Waals surface area contributed by atoms with Crippen LogP contribution >= 0.6 is 23.2 Å². The van der Waals surface area contributed by atoms with E-state index in [0.717, 1.165) is 31.6 Å². The first-order valence-corrected chi connectivity index (χ1v) is 7.32. The van der Waals surface area contributed by atoms with Crippen molar-refractivity contribution in [3.63, 3.8) is 0 Å². The van der Waals surface area contributed by atoms with E-state index in [1.165, 1.54) is 6.07 Å². The fourth-order valence-electron chi connectivity index (χ4n) is 2.37. The minimum Gasteiger partial charge on any atom is -0.507 e. The summed E-state index contributed by atoms with van der Waals surface area (Å²) in [6.07, 6.45) is 2.98.